The third kappa shape index (κ3) is 6.01. The van der Waals surface area contributed by atoms with Crippen molar-refractivity contribution in [3.63, 3.8) is 0 Å². The second kappa shape index (κ2) is 7.55. The van der Waals surface area contributed by atoms with Crippen LogP contribution >= 0.6 is 0 Å². The molecule has 96 valence electrons. The van der Waals surface area contributed by atoms with Crippen LogP contribution in [0.3, 0.4) is 0 Å². The SMILES string of the molecule is CC(=CC=O)C(=O)O.O=[N+]([O-])c1ccc(O)cc1. The average molecular weight is 253 g/mol. The molecule has 1 rings (SSSR count). The number of phenolic OH excluding ortho intramolecular Hbond substituents is 1. The molecule has 0 fully saturated rings. The van der Waals surface area contributed by atoms with Gasteiger partial charge in [-0.15, -0.1) is 0 Å². The van der Waals surface area contributed by atoms with Gasteiger partial charge in [0, 0.05) is 17.7 Å². The highest BCUT2D eigenvalue weighted by Gasteiger charge is 2.01. The van der Waals surface area contributed by atoms with Crippen LogP contribution in [-0.2, 0) is 9.59 Å². The Morgan fingerprint density at radius 3 is 2.11 bits per heavy atom. The molecule has 0 saturated carbocycles. The molecular formula is C11H11NO6. The first-order valence-corrected chi connectivity index (χ1v) is 4.67. The fourth-order valence-corrected chi connectivity index (χ4v) is 0.748. The van der Waals surface area contributed by atoms with E-state index in [9.17, 15) is 19.7 Å². The zero-order valence-corrected chi connectivity index (χ0v) is 9.44. The van der Waals surface area contributed by atoms with E-state index in [1.54, 1.807) is 0 Å². The van der Waals surface area contributed by atoms with Crippen molar-refractivity contribution in [2.24, 2.45) is 0 Å². The van der Waals surface area contributed by atoms with E-state index in [2.05, 4.69) is 0 Å². The fourth-order valence-electron chi connectivity index (χ4n) is 0.748. The van der Waals surface area contributed by atoms with Crippen molar-refractivity contribution in [1.82, 2.24) is 0 Å². The number of aldehydes is 1. The van der Waals surface area contributed by atoms with Crippen LogP contribution in [0.2, 0.25) is 0 Å². The van der Waals surface area contributed by atoms with Crippen molar-refractivity contribution >= 4 is 17.9 Å². The van der Waals surface area contributed by atoms with Gasteiger partial charge in [-0.25, -0.2) is 4.79 Å². The summed E-state index contributed by atoms with van der Waals surface area (Å²) in [7, 11) is 0. The molecule has 2 N–H and O–H groups in total. The van der Waals surface area contributed by atoms with Crippen molar-refractivity contribution in [3.8, 4) is 5.75 Å². The molecule has 7 nitrogen and oxygen atoms in total. The van der Waals surface area contributed by atoms with E-state index >= 15 is 0 Å². The molecule has 0 aliphatic carbocycles. The topological polar surface area (TPSA) is 118 Å². The number of phenols is 1. The number of nitro groups is 1. The Morgan fingerprint density at radius 2 is 1.83 bits per heavy atom. The Labute approximate surface area is 102 Å². The van der Waals surface area contributed by atoms with Gasteiger partial charge in [0.2, 0.25) is 0 Å². The lowest BCUT2D eigenvalue weighted by Gasteiger charge is -1.89. The molecule has 0 bridgehead atoms. The van der Waals surface area contributed by atoms with E-state index in [1.807, 2.05) is 0 Å². The van der Waals surface area contributed by atoms with Gasteiger partial charge in [0.1, 0.15) is 12.0 Å². The second-order valence-corrected chi connectivity index (χ2v) is 3.06. The first-order chi connectivity index (χ1) is 8.38. The van der Waals surface area contributed by atoms with Crippen molar-refractivity contribution in [1.29, 1.82) is 0 Å². The van der Waals surface area contributed by atoms with Gasteiger partial charge in [0.05, 0.1) is 4.92 Å². The van der Waals surface area contributed by atoms with Crippen molar-refractivity contribution < 1.29 is 24.7 Å². The Balaban J connectivity index is 0.000000331. The second-order valence-electron chi connectivity index (χ2n) is 3.06. The monoisotopic (exact) mass is 253 g/mol. The van der Waals surface area contributed by atoms with Crippen molar-refractivity contribution in [2.75, 3.05) is 0 Å². The third-order valence-electron chi connectivity index (χ3n) is 1.72. The number of aliphatic carboxylic acids is 1. The third-order valence-corrected chi connectivity index (χ3v) is 1.72. The average Bonchev–Trinajstić information content (AvgIpc) is 2.30. The molecule has 0 spiro atoms. The Bertz CT molecular complexity index is 463. The van der Waals surface area contributed by atoms with Crippen LogP contribution in [0.15, 0.2) is 35.9 Å². The van der Waals surface area contributed by atoms with E-state index in [1.165, 1.54) is 31.2 Å². The number of hydrogen-bond acceptors (Lipinski definition) is 5. The summed E-state index contributed by atoms with van der Waals surface area (Å²) in [6.45, 7) is 1.36. The van der Waals surface area contributed by atoms with Crippen LogP contribution in [0, 0.1) is 10.1 Å². The molecule has 1 aromatic carbocycles. The summed E-state index contributed by atoms with van der Waals surface area (Å²) in [4.78, 5) is 29.0. The van der Waals surface area contributed by atoms with Crippen LogP contribution < -0.4 is 0 Å². The highest BCUT2D eigenvalue weighted by atomic mass is 16.6. The van der Waals surface area contributed by atoms with E-state index in [0.29, 0.717) is 6.29 Å². The summed E-state index contributed by atoms with van der Waals surface area (Å²) in [5.74, 6) is -1.03. The molecule has 18 heavy (non-hydrogen) atoms. The molecule has 0 aliphatic rings. The summed E-state index contributed by atoms with van der Waals surface area (Å²) >= 11 is 0. The number of non-ortho nitro benzene ring substituents is 1. The predicted molar refractivity (Wildman–Crippen MR) is 62.2 cm³/mol. The summed E-state index contributed by atoms with van der Waals surface area (Å²) in [6.07, 6.45) is 1.45. The summed E-state index contributed by atoms with van der Waals surface area (Å²) in [5.41, 5.74) is 0.0396. The highest BCUT2D eigenvalue weighted by molar-refractivity contribution is 5.90. The van der Waals surface area contributed by atoms with Gasteiger partial charge in [-0.1, -0.05) is 0 Å². The number of carboxylic acid groups (broad SMARTS) is 1. The largest absolute Gasteiger partial charge is 0.508 e. The lowest BCUT2D eigenvalue weighted by atomic mass is 10.3. The number of aromatic hydroxyl groups is 1. The number of carbonyl (C=O) groups is 2. The fraction of sp³-hybridized carbons (Fsp3) is 0.0909. The molecule has 1 aromatic rings. The lowest BCUT2D eigenvalue weighted by Crippen LogP contribution is -1.95. The summed E-state index contributed by atoms with van der Waals surface area (Å²) < 4.78 is 0. The Kier molecular flexibility index (Phi) is 6.42. The molecule has 0 atom stereocenters. The standard InChI is InChI=1S/C6H5NO3.C5H6O3/c8-6-3-1-5(2-4-6)7(9)10;1-4(2-3-6)5(7)8/h1-4,8H;2-3H,1H3,(H,7,8). The minimum atomic E-state index is -1.06. The lowest BCUT2D eigenvalue weighted by molar-refractivity contribution is -0.384. The zero-order valence-electron chi connectivity index (χ0n) is 9.44. The number of rotatable bonds is 3. The minimum absolute atomic E-state index is 0.0159. The van der Waals surface area contributed by atoms with E-state index in [4.69, 9.17) is 10.2 Å². The van der Waals surface area contributed by atoms with E-state index in [-0.39, 0.29) is 17.0 Å². The smallest absolute Gasteiger partial charge is 0.331 e. The van der Waals surface area contributed by atoms with Gasteiger partial charge >= 0.3 is 5.97 Å². The summed E-state index contributed by atoms with van der Waals surface area (Å²) in [6, 6.07) is 5.04. The van der Waals surface area contributed by atoms with Crippen LogP contribution in [0.25, 0.3) is 0 Å². The molecule has 0 amide bonds. The number of allylic oxidation sites excluding steroid dienone is 1. The Hall–Kier alpha value is -2.70. The first kappa shape index (κ1) is 15.3. The van der Waals surface area contributed by atoms with Crippen LogP contribution in [0.5, 0.6) is 5.75 Å². The van der Waals surface area contributed by atoms with Crippen LogP contribution in [0.4, 0.5) is 5.69 Å². The molecular weight excluding hydrogens is 242 g/mol. The maximum atomic E-state index is 10.0. The number of nitro benzene ring substituents is 1. The van der Waals surface area contributed by atoms with Gasteiger partial charge in [-0.05, 0) is 25.1 Å². The molecule has 0 aliphatic heterocycles. The van der Waals surface area contributed by atoms with Crippen molar-refractivity contribution in [2.45, 2.75) is 6.92 Å². The molecule has 0 unspecified atom stereocenters. The van der Waals surface area contributed by atoms with E-state index in [0.717, 1.165) is 6.08 Å². The zero-order chi connectivity index (χ0) is 14.1. The van der Waals surface area contributed by atoms with Gasteiger partial charge < -0.3 is 10.2 Å². The predicted octanol–water partition coefficient (Wildman–Crippen LogP) is 1.52. The van der Waals surface area contributed by atoms with Gasteiger partial charge in [-0.3, -0.25) is 14.9 Å². The van der Waals surface area contributed by atoms with Crippen LogP contribution in [0.1, 0.15) is 6.92 Å². The first-order valence-electron chi connectivity index (χ1n) is 4.67. The normalized spacial score (nSPS) is 9.94. The van der Waals surface area contributed by atoms with Crippen molar-refractivity contribution in [3.05, 3.63) is 46.0 Å². The van der Waals surface area contributed by atoms with Crippen LogP contribution in [-0.4, -0.2) is 27.4 Å². The number of benzene rings is 1. The molecule has 7 heteroatoms. The summed E-state index contributed by atoms with van der Waals surface area (Å²) in [5, 5.41) is 26.8. The van der Waals surface area contributed by atoms with Gasteiger partial charge in [0.15, 0.2) is 0 Å². The molecule has 0 aromatic heterocycles. The van der Waals surface area contributed by atoms with Gasteiger partial charge in [0.25, 0.3) is 5.69 Å². The quantitative estimate of drug-likeness (QED) is 0.365. The number of hydrogen-bond donors (Lipinski definition) is 2. The number of carboxylic acids is 1. The number of carbonyl (C=O) groups excluding carboxylic acids is 1. The Morgan fingerprint density at radius 1 is 1.33 bits per heavy atom. The maximum Gasteiger partial charge on any atom is 0.331 e. The molecule has 0 radical (unpaired) electrons. The highest BCUT2D eigenvalue weighted by Crippen LogP contribution is 2.14. The number of nitrogens with zero attached hydrogens (tertiary/aromatic N) is 1. The maximum absolute atomic E-state index is 10.0. The minimum Gasteiger partial charge on any atom is -0.508 e. The van der Waals surface area contributed by atoms with Gasteiger partial charge in [-0.2, -0.15) is 0 Å². The van der Waals surface area contributed by atoms with E-state index < -0.39 is 10.9 Å². The molecule has 0 saturated heterocycles. The molecule has 0 heterocycles.